The lowest BCUT2D eigenvalue weighted by molar-refractivity contribution is -0.132. The molecule has 9 nitrogen and oxygen atoms in total. The smallest absolute Gasteiger partial charge is 0.244 e. The van der Waals surface area contributed by atoms with Gasteiger partial charge in [0.25, 0.3) is 0 Å². The number of aliphatic hydroxyl groups is 1. The van der Waals surface area contributed by atoms with Crippen LogP contribution in [0.3, 0.4) is 0 Å². The van der Waals surface area contributed by atoms with Crippen molar-refractivity contribution in [2.24, 2.45) is 11.8 Å². The Kier molecular flexibility index (Phi) is 10.0. The second-order valence-corrected chi connectivity index (χ2v) is 9.92. The van der Waals surface area contributed by atoms with E-state index >= 15 is 0 Å². The number of hydrogen-bond acceptors (Lipinski definition) is 7. The first-order valence-electron chi connectivity index (χ1n) is 12.8. The zero-order valence-corrected chi connectivity index (χ0v) is 22.4. The molecule has 0 saturated heterocycles. The Morgan fingerprint density at radius 1 is 1.05 bits per heavy atom. The first-order valence-corrected chi connectivity index (χ1v) is 12.8. The van der Waals surface area contributed by atoms with Gasteiger partial charge in [0.05, 0.1) is 19.2 Å². The molecule has 0 unspecified atom stereocenters. The molecule has 0 saturated carbocycles. The van der Waals surface area contributed by atoms with Gasteiger partial charge in [-0.05, 0) is 42.9 Å². The Bertz CT molecular complexity index is 1180. The van der Waals surface area contributed by atoms with Crippen LogP contribution in [0.25, 0.3) is 10.9 Å². The Balaban J connectivity index is 1.92. The minimum absolute atomic E-state index is 0.0271. The predicted molar refractivity (Wildman–Crippen MR) is 142 cm³/mol. The highest BCUT2D eigenvalue weighted by molar-refractivity contribution is 6.15. The quantitative estimate of drug-likeness (QED) is 0.327. The summed E-state index contributed by atoms with van der Waals surface area (Å²) < 4.78 is 12.3. The number of nitrogens with zero attached hydrogens (tertiary/aromatic N) is 4. The fourth-order valence-electron chi connectivity index (χ4n) is 3.87. The summed E-state index contributed by atoms with van der Waals surface area (Å²) >= 11 is 0. The molecule has 3 rings (SSSR count). The van der Waals surface area contributed by atoms with Crippen LogP contribution in [0.2, 0.25) is 0 Å². The molecule has 2 heterocycles. The van der Waals surface area contributed by atoms with Gasteiger partial charge in [-0.2, -0.15) is 5.10 Å². The van der Waals surface area contributed by atoms with Crippen LogP contribution in [0.5, 0.6) is 11.6 Å². The fourth-order valence-corrected chi connectivity index (χ4v) is 3.87. The van der Waals surface area contributed by atoms with Gasteiger partial charge in [-0.15, -0.1) is 0 Å². The van der Waals surface area contributed by atoms with Crippen LogP contribution < -0.4 is 9.47 Å². The number of pyridine rings is 1. The second-order valence-electron chi connectivity index (χ2n) is 9.92. The number of aromatic nitrogens is 3. The summed E-state index contributed by atoms with van der Waals surface area (Å²) in [6.07, 6.45) is 3.27. The summed E-state index contributed by atoms with van der Waals surface area (Å²) in [5.74, 6) is 1.58. The number of amides is 1. The summed E-state index contributed by atoms with van der Waals surface area (Å²) in [6.45, 7) is 10.00. The van der Waals surface area contributed by atoms with Crippen LogP contribution in [0.15, 0.2) is 36.5 Å². The average molecular weight is 511 g/mol. The van der Waals surface area contributed by atoms with E-state index in [0.717, 1.165) is 12.8 Å². The van der Waals surface area contributed by atoms with Gasteiger partial charge in [-0.3, -0.25) is 14.3 Å². The third-order valence-corrected chi connectivity index (χ3v) is 6.10. The third-order valence-electron chi connectivity index (χ3n) is 6.10. The molecule has 0 aliphatic rings. The van der Waals surface area contributed by atoms with E-state index in [4.69, 9.17) is 14.6 Å². The van der Waals surface area contributed by atoms with Gasteiger partial charge in [0.1, 0.15) is 24.6 Å². The van der Waals surface area contributed by atoms with Gasteiger partial charge in [0, 0.05) is 42.4 Å². The molecule has 1 N–H and O–H groups in total. The largest absolute Gasteiger partial charge is 0.497 e. The van der Waals surface area contributed by atoms with Gasteiger partial charge >= 0.3 is 0 Å². The average Bonchev–Trinajstić information content (AvgIpc) is 3.24. The molecule has 1 amide bonds. The van der Waals surface area contributed by atoms with Crippen molar-refractivity contribution in [1.29, 1.82) is 0 Å². The molecule has 1 aromatic carbocycles. The molecule has 0 aliphatic heterocycles. The van der Waals surface area contributed by atoms with Crippen molar-refractivity contribution in [3.63, 3.8) is 0 Å². The third kappa shape index (κ3) is 7.52. The SMILES string of the molecule is COc1ccc2c(C(=O)c3ccc(OCCO)nc3)nn(CC(=O)N(CCC(C)C)CCC(C)C)c2c1. The zero-order valence-electron chi connectivity index (χ0n) is 22.4. The monoisotopic (exact) mass is 510 g/mol. The molecule has 9 heteroatoms. The minimum atomic E-state index is -0.306. The predicted octanol–water partition coefficient (Wildman–Crippen LogP) is 3.96. The molecule has 0 atom stereocenters. The van der Waals surface area contributed by atoms with Crippen LogP contribution in [0, 0.1) is 11.8 Å². The fraction of sp³-hybridized carbons (Fsp3) is 0.500. The summed E-state index contributed by atoms with van der Waals surface area (Å²) in [7, 11) is 1.57. The molecule has 0 radical (unpaired) electrons. The molecule has 3 aromatic rings. The minimum Gasteiger partial charge on any atom is -0.497 e. The van der Waals surface area contributed by atoms with E-state index in [1.807, 2.05) is 4.90 Å². The van der Waals surface area contributed by atoms with E-state index in [9.17, 15) is 9.59 Å². The Morgan fingerprint density at radius 3 is 2.32 bits per heavy atom. The summed E-state index contributed by atoms with van der Waals surface area (Å²) in [5.41, 5.74) is 1.24. The molecule has 0 aliphatic carbocycles. The van der Waals surface area contributed by atoms with Crippen molar-refractivity contribution in [3.8, 4) is 11.6 Å². The van der Waals surface area contributed by atoms with Crippen molar-refractivity contribution in [3.05, 3.63) is 47.8 Å². The number of benzene rings is 1. The number of carbonyl (C=O) groups excluding carboxylic acids is 2. The first-order chi connectivity index (χ1) is 17.7. The van der Waals surface area contributed by atoms with Crippen LogP contribution in [0.1, 0.15) is 56.6 Å². The highest BCUT2D eigenvalue weighted by Crippen LogP contribution is 2.26. The Labute approximate surface area is 218 Å². The van der Waals surface area contributed by atoms with Crippen LogP contribution >= 0.6 is 0 Å². The molecular weight excluding hydrogens is 472 g/mol. The maximum absolute atomic E-state index is 13.4. The topological polar surface area (TPSA) is 107 Å². The van der Waals surface area contributed by atoms with E-state index in [0.29, 0.717) is 53.0 Å². The normalized spacial score (nSPS) is 11.4. The van der Waals surface area contributed by atoms with Gasteiger partial charge in [-0.25, -0.2) is 4.98 Å². The lowest BCUT2D eigenvalue weighted by Gasteiger charge is -2.24. The van der Waals surface area contributed by atoms with E-state index < -0.39 is 0 Å². The number of rotatable bonds is 14. The van der Waals surface area contributed by atoms with Crippen LogP contribution in [0.4, 0.5) is 0 Å². The number of ether oxygens (including phenoxy) is 2. The molecular formula is C28H38N4O5. The second kappa shape index (κ2) is 13.2. The van der Waals surface area contributed by atoms with Crippen LogP contribution in [-0.2, 0) is 11.3 Å². The first kappa shape index (κ1) is 28.1. The summed E-state index contributed by atoms with van der Waals surface area (Å²) in [6, 6.07) is 8.55. The standard InChI is InChI=1S/C28H38N4O5/c1-19(2)10-12-31(13-11-20(3)4)26(34)18-32-24-16-22(36-5)7-8-23(24)27(30-32)28(35)21-6-9-25(29-17-21)37-15-14-33/h6-9,16-17,19-20,33H,10-15,18H2,1-5H3. The van der Waals surface area contributed by atoms with Crippen LogP contribution in [-0.4, -0.2) is 69.9 Å². The van der Waals surface area contributed by atoms with Crippen molar-refractivity contribution >= 4 is 22.6 Å². The van der Waals surface area contributed by atoms with E-state index in [1.165, 1.54) is 6.20 Å². The summed E-state index contributed by atoms with van der Waals surface area (Å²) in [5, 5.41) is 14.1. The number of ketones is 1. The highest BCUT2D eigenvalue weighted by Gasteiger charge is 2.23. The molecule has 0 fully saturated rings. The van der Waals surface area contributed by atoms with Crippen molar-refractivity contribution < 1.29 is 24.2 Å². The number of carbonyl (C=O) groups is 2. The number of methoxy groups -OCH3 is 1. The lowest BCUT2D eigenvalue weighted by Crippen LogP contribution is -2.36. The number of fused-ring (bicyclic) bond motifs is 1. The Hall–Kier alpha value is -3.46. The van der Waals surface area contributed by atoms with Gasteiger partial charge in [0.2, 0.25) is 17.6 Å². The Morgan fingerprint density at radius 2 is 1.76 bits per heavy atom. The summed E-state index contributed by atoms with van der Waals surface area (Å²) in [4.78, 5) is 32.9. The molecule has 200 valence electrons. The van der Waals surface area contributed by atoms with Crippen molar-refractivity contribution in [2.75, 3.05) is 33.4 Å². The van der Waals surface area contributed by atoms with Crippen molar-refractivity contribution in [1.82, 2.24) is 19.7 Å². The highest BCUT2D eigenvalue weighted by atomic mass is 16.5. The maximum Gasteiger partial charge on any atom is 0.244 e. The van der Waals surface area contributed by atoms with E-state index in [1.54, 1.807) is 42.1 Å². The molecule has 0 spiro atoms. The van der Waals surface area contributed by atoms with E-state index in [2.05, 4.69) is 37.8 Å². The lowest BCUT2D eigenvalue weighted by atomic mass is 10.1. The molecule has 37 heavy (non-hydrogen) atoms. The van der Waals surface area contributed by atoms with Gasteiger partial charge in [-0.1, -0.05) is 27.7 Å². The maximum atomic E-state index is 13.4. The van der Waals surface area contributed by atoms with Gasteiger partial charge in [0.15, 0.2) is 0 Å². The van der Waals surface area contributed by atoms with Gasteiger partial charge < -0.3 is 19.5 Å². The molecule has 0 bridgehead atoms. The zero-order chi connectivity index (χ0) is 26.9. The molecule has 2 aromatic heterocycles. The number of aliphatic hydroxyl groups excluding tert-OH is 1. The van der Waals surface area contributed by atoms with E-state index in [-0.39, 0.29) is 37.1 Å². The van der Waals surface area contributed by atoms with Crippen molar-refractivity contribution in [2.45, 2.75) is 47.1 Å². The number of hydrogen-bond donors (Lipinski definition) is 1.